The molecule has 3 heteroatoms. The number of benzene rings is 1. The summed E-state index contributed by atoms with van der Waals surface area (Å²) in [6, 6.07) is 8.76. The van der Waals surface area contributed by atoms with E-state index in [1.807, 2.05) is 0 Å². The summed E-state index contributed by atoms with van der Waals surface area (Å²) in [5.41, 5.74) is 2.38. The van der Waals surface area contributed by atoms with Crippen LogP contribution in [0.5, 0.6) is 0 Å². The van der Waals surface area contributed by atoms with E-state index in [1.54, 1.807) is 0 Å². The van der Waals surface area contributed by atoms with Gasteiger partial charge in [-0.2, -0.15) is 0 Å². The number of hydrogen-bond donors (Lipinski definition) is 1. The lowest BCUT2D eigenvalue weighted by Gasteiger charge is -2.60. The first-order chi connectivity index (χ1) is 11.2. The second kappa shape index (κ2) is 5.96. The van der Waals surface area contributed by atoms with Crippen molar-refractivity contribution in [2.24, 2.45) is 0 Å². The Hall–Kier alpha value is -0.643. The van der Waals surface area contributed by atoms with Gasteiger partial charge >= 0.3 is 0 Å². The zero-order chi connectivity index (χ0) is 17.6. The van der Waals surface area contributed by atoms with Gasteiger partial charge in [-0.25, -0.2) is 0 Å². The molecular weight excluding hydrogens is 312 g/mol. The van der Waals surface area contributed by atoms with Crippen LogP contribution >= 0.6 is 0 Å². The van der Waals surface area contributed by atoms with Crippen LogP contribution in [0.15, 0.2) is 24.3 Å². The van der Waals surface area contributed by atoms with Gasteiger partial charge in [-0.05, 0) is 54.9 Å². The van der Waals surface area contributed by atoms with E-state index in [1.165, 1.54) is 24.0 Å². The molecule has 0 amide bonds. The Balaban J connectivity index is 2.11. The van der Waals surface area contributed by atoms with Crippen LogP contribution < -0.4 is 0 Å². The lowest BCUT2D eigenvalue weighted by molar-refractivity contribution is -0.0914. The van der Waals surface area contributed by atoms with Crippen LogP contribution in [0.2, 0.25) is 18.1 Å². The van der Waals surface area contributed by atoms with Crippen molar-refractivity contribution in [3.8, 4) is 0 Å². The maximum Gasteiger partial charge on any atom is 0.192 e. The van der Waals surface area contributed by atoms with Gasteiger partial charge < -0.3 is 9.53 Å². The van der Waals surface area contributed by atoms with Gasteiger partial charge in [0.15, 0.2) is 8.32 Å². The fourth-order valence-corrected chi connectivity index (χ4v) is 6.42. The highest BCUT2D eigenvalue weighted by molar-refractivity contribution is 6.74. The van der Waals surface area contributed by atoms with Crippen molar-refractivity contribution in [3.63, 3.8) is 0 Å². The molecule has 0 heterocycles. The first kappa shape index (κ1) is 18.2. The number of rotatable bonds is 3. The van der Waals surface area contributed by atoms with E-state index in [4.69, 9.17) is 4.43 Å². The Morgan fingerprint density at radius 3 is 2.42 bits per heavy atom. The Labute approximate surface area is 148 Å². The first-order valence-electron chi connectivity index (χ1n) is 9.57. The molecule has 1 fully saturated rings. The summed E-state index contributed by atoms with van der Waals surface area (Å²) in [7, 11) is -1.91. The van der Waals surface area contributed by atoms with Gasteiger partial charge in [-0.1, -0.05) is 57.9 Å². The highest BCUT2D eigenvalue weighted by Crippen LogP contribution is 2.57. The zero-order valence-corrected chi connectivity index (χ0v) is 17.1. The van der Waals surface area contributed by atoms with E-state index in [0.29, 0.717) is 0 Å². The maximum atomic E-state index is 10.6. The molecule has 0 spiro atoms. The van der Waals surface area contributed by atoms with E-state index >= 15 is 0 Å². The quantitative estimate of drug-likeness (QED) is 0.762. The highest BCUT2D eigenvalue weighted by atomic mass is 28.4. The molecule has 0 aromatic heterocycles. The van der Waals surface area contributed by atoms with Gasteiger partial charge in [0.1, 0.15) is 0 Å². The molecular formula is C21H34O2Si. The van der Waals surface area contributed by atoms with Crippen molar-refractivity contribution in [1.82, 2.24) is 0 Å². The molecule has 24 heavy (non-hydrogen) atoms. The van der Waals surface area contributed by atoms with Crippen molar-refractivity contribution in [1.29, 1.82) is 0 Å². The van der Waals surface area contributed by atoms with Gasteiger partial charge in [0.25, 0.3) is 0 Å². The molecule has 0 bridgehead atoms. The molecule has 1 N–H and O–H groups in total. The summed E-state index contributed by atoms with van der Waals surface area (Å²) in [6.45, 7) is 11.9. The molecule has 1 saturated carbocycles. The molecule has 2 aliphatic rings. The van der Waals surface area contributed by atoms with Crippen molar-refractivity contribution in [3.05, 3.63) is 35.4 Å². The van der Waals surface area contributed by atoms with Crippen LogP contribution in [0.3, 0.4) is 0 Å². The Morgan fingerprint density at radius 1 is 1.08 bits per heavy atom. The number of aliphatic hydroxyl groups is 1. The van der Waals surface area contributed by atoms with Gasteiger partial charge in [0, 0.05) is 5.41 Å². The number of aliphatic hydroxyl groups excluding tert-OH is 1. The van der Waals surface area contributed by atoms with Gasteiger partial charge in [0.2, 0.25) is 0 Å². The lowest BCUT2D eigenvalue weighted by atomic mass is 9.55. The van der Waals surface area contributed by atoms with Crippen molar-refractivity contribution in [2.75, 3.05) is 6.61 Å². The third kappa shape index (κ3) is 2.60. The summed E-state index contributed by atoms with van der Waals surface area (Å²) in [5, 5.41) is 10.8. The summed E-state index contributed by atoms with van der Waals surface area (Å²) in [4.78, 5) is 0. The van der Waals surface area contributed by atoms with E-state index < -0.39 is 8.32 Å². The molecule has 1 aromatic rings. The summed E-state index contributed by atoms with van der Waals surface area (Å²) < 4.78 is 7.16. The van der Waals surface area contributed by atoms with Crippen molar-refractivity contribution < 1.29 is 9.53 Å². The molecule has 2 nitrogen and oxygen atoms in total. The standard InChI is InChI=1S/C21H34O2Si/c1-19(2,3)24(4,5)23-21-14-9-8-13-20(21,16-22)18-11-7-6-10-17(18)12-15-21/h6-7,10-11,22H,8-9,12-16H2,1-5H3/t20-,21+/m0/s1. The van der Waals surface area contributed by atoms with E-state index in [2.05, 4.69) is 58.1 Å². The minimum Gasteiger partial charge on any atom is -0.410 e. The lowest BCUT2D eigenvalue weighted by Crippen LogP contribution is -2.64. The predicted octanol–water partition coefficient (Wildman–Crippen LogP) is 5.20. The third-order valence-corrected chi connectivity index (χ3v) is 11.7. The first-order valence-corrected chi connectivity index (χ1v) is 12.5. The predicted molar refractivity (Wildman–Crippen MR) is 103 cm³/mol. The SMILES string of the molecule is CC(C)(C)[Si](C)(C)O[C@@]12CCCC[C@]1(CO)c1ccccc1CC2. The summed E-state index contributed by atoms with van der Waals surface area (Å²) in [6.07, 6.45) is 6.68. The maximum absolute atomic E-state index is 10.6. The number of fused-ring (bicyclic) bond motifs is 3. The second-order valence-corrected chi connectivity index (χ2v) is 14.2. The average Bonchev–Trinajstić information content (AvgIpc) is 2.53. The molecule has 2 atom stereocenters. The fraction of sp³-hybridized carbons (Fsp3) is 0.714. The minimum atomic E-state index is -1.91. The van der Waals surface area contributed by atoms with E-state index in [9.17, 15) is 5.11 Å². The summed E-state index contributed by atoms with van der Waals surface area (Å²) in [5.74, 6) is 0. The molecule has 0 unspecified atom stereocenters. The number of hydrogen-bond acceptors (Lipinski definition) is 2. The summed E-state index contributed by atoms with van der Waals surface area (Å²) >= 11 is 0. The molecule has 134 valence electrons. The van der Waals surface area contributed by atoms with Crippen molar-refractivity contribution in [2.45, 2.75) is 88.4 Å². The zero-order valence-electron chi connectivity index (χ0n) is 16.1. The van der Waals surface area contributed by atoms with Crippen LogP contribution in [0.4, 0.5) is 0 Å². The monoisotopic (exact) mass is 346 g/mol. The van der Waals surface area contributed by atoms with Gasteiger partial charge in [-0.15, -0.1) is 0 Å². The normalized spacial score (nSPS) is 30.6. The molecule has 2 aliphatic carbocycles. The van der Waals surface area contributed by atoms with E-state index in [-0.39, 0.29) is 22.7 Å². The molecule has 0 aliphatic heterocycles. The van der Waals surface area contributed by atoms with Crippen LogP contribution in [0, 0.1) is 0 Å². The Morgan fingerprint density at radius 2 is 1.75 bits per heavy atom. The van der Waals surface area contributed by atoms with Gasteiger partial charge in [-0.3, -0.25) is 0 Å². The average molecular weight is 347 g/mol. The topological polar surface area (TPSA) is 29.5 Å². The second-order valence-electron chi connectivity index (χ2n) is 9.46. The van der Waals surface area contributed by atoms with Crippen LogP contribution in [0.1, 0.15) is 64.0 Å². The molecule has 0 radical (unpaired) electrons. The third-order valence-electron chi connectivity index (χ3n) is 7.16. The van der Waals surface area contributed by atoms with Crippen LogP contribution in [-0.2, 0) is 16.3 Å². The largest absolute Gasteiger partial charge is 0.410 e. The molecule has 3 rings (SSSR count). The Kier molecular flexibility index (Phi) is 4.51. The fourth-order valence-electron chi connectivity index (χ4n) is 4.74. The van der Waals surface area contributed by atoms with E-state index in [0.717, 1.165) is 25.7 Å². The smallest absolute Gasteiger partial charge is 0.192 e. The Bertz CT molecular complexity index is 604. The minimum absolute atomic E-state index is 0.183. The van der Waals surface area contributed by atoms with Crippen LogP contribution in [0.25, 0.3) is 0 Å². The van der Waals surface area contributed by atoms with Crippen LogP contribution in [-0.4, -0.2) is 25.6 Å². The van der Waals surface area contributed by atoms with Crippen molar-refractivity contribution >= 4 is 8.32 Å². The number of aryl methyl sites for hydroxylation is 1. The molecule has 0 saturated heterocycles. The highest BCUT2D eigenvalue weighted by Gasteiger charge is 2.59. The van der Waals surface area contributed by atoms with Gasteiger partial charge in [0.05, 0.1) is 12.2 Å². The molecule has 1 aromatic carbocycles.